The zero-order valence-electron chi connectivity index (χ0n) is 12.0. The third-order valence-corrected chi connectivity index (χ3v) is 5.96. The van der Waals surface area contributed by atoms with E-state index in [1.54, 1.807) is 0 Å². The van der Waals surface area contributed by atoms with Crippen molar-refractivity contribution >= 4 is 15.7 Å². The minimum Gasteiger partial charge on any atom is -0.399 e. The van der Waals surface area contributed by atoms with Gasteiger partial charge in [0.1, 0.15) is 11.6 Å². The van der Waals surface area contributed by atoms with Gasteiger partial charge in [0.05, 0.1) is 0 Å². The Morgan fingerprint density at radius 3 is 2.05 bits per heavy atom. The fourth-order valence-corrected chi connectivity index (χ4v) is 4.29. The number of nitrogen functional groups attached to an aromatic ring is 1. The van der Waals surface area contributed by atoms with E-state index in [0.717, 1.165) is 42.1 Å². The van der Waals surface area contributed by atoms with E-state index < -0.39 is 26.6 Å². The normalized spacial score (nSPS) is 17.9. The molecule has 1 aromatic rings. The average molecular weight is 318 g/mol. The Morgan fingerprint density at radius 2 is 1.57 bits per heavy atom. The van der Waals surface area contributed by atoms with Crippen LogP contribution in [0.25, 0.3) is 0 Å². The maximum atomic E-state index is 13.9. The van der Waals surface area contributed by atoms with Crippen molar-refractivity contribution in [3.63, 3.8) is 0 Å². The maximum absolute atomic E-state index is 13.9. The lowest BCUT2D eigenvalue weighted by atomic mass is 10.1. The van der Waals surface area contributed by atoms with Crippen molar-refractivity contribution in [2.24, 2.45) is 0 Å². The predicted molar refractivity (Wildman–Crippen MR) is 77.2 cm³/mol. The lowest BCUT2D eigenvalue weighted by Gasteiger charge is -2.26. The van der Waals surface area contributed by atoms with E-state index in [2.05, 4.69) is 0 Å². The zero-order chi connectivity index (χ0) is 15.6. The van der Waals surface area contributed by atoms with Gasteiger partial charge in [0.2, 0.25) is 10.0 Å². The Labute approximate surface area is 124 Å². The van der Waals surface area contributed by atoms with Gasteiger partial charge in [0.15, 0.2) is 4.90 Å². The molecule has 1 aliphatic rings. The first-order chi connectivity index (χ1) is 9.84. The highest BCUT2D eigenvalue weighted by atomic mass is 32.2. The summed E-state index contributed by atoms with van der Waals surface area (Å²) in [7, 11) is -2.82. The van der Waals surface area contributed by atoms with Gasteiger partial charge < -0.3 is 5.73 Å². The number of sulfonamides is 1. The summed E-state index contributed by atoms with van der Waals surface area (Å²) < 4.78 is 53.9. The molecule has 4 nitrogen and oxygen atoms in total. The second-order valence-corrected chi connectivity index (χ2v) is 7.41. The highest BCUT2D eigenvalue weighted by molar-refractivity contribution is 7.89. The molecule has 1 aliphatic carbocycles. The first-order valence-electron chi connectivity index (χ1n) is 7.06. The number of nitrogens with two attached hydrogens (primary N) is 1. The summed E-state index contributed by atoms with van der Waals surface area (Å²) in [5.41, 5.74) is 5.18. The summed E-state index contributed by atoms with van der Waals surface area (Å²) in [5, 5.41) is 0. The molecule has 0 saturated heterocycles. The van der Waals surface area contributed by atoms with Gasteiger partial charge in [0, 0.05) is 18.8 Å². The monoisotopic (exact) mass is 318 g/mol. The molecular formula is C14H20F2N2O2S. The van der Waals surface area contributed by atoms with E-state index >= 15 is 0 Å². The number of nitrogens with zero attached hydrogens (tertiary/aromatic N) is 1. The fourth-order valence-electron chi connectivity index (χ4n) is 2.79. The smallest absolute Gasteiger partial charge is 0.248 e. The number of rotatable bonds is 3. The van der Waals surface area contributed by atoms with Gasteiger partial charge in [0.25, 0.3) is 0 Å². The van der Waals surface area contributed by atoms with Gasteiger partial charge in [-0.05, 0) is 25.0 Å². The van der Waals surface area contributed by atoms with Crippen LogP contribution >= 0.6 is 0 Å². The molecule has 0 spiro atoms. The van der Waals surface area contributed by atoms with Gasteiger partial charge >= 0.3 is 0 Å². The molecule has 0 amide bonds. The molecule has 0 aliphatic heterocycles. The number of hydrogen-bond acceptors (Lipinski definition) is 3. The van der Waals surface area contributed by atoms with E-state index in [-0.39, 0.29) is 11.7 Å². The first kappa shape index (κ1) is 16.2. The van der Waals surface area contributed by atoms with E-state index in [4.69, 9.17) is 5.73 Å². The topological polar surface area (TPSA) is 63.4 Å². The lowest BCUT2D eigenvalue weighted by molar-refractivity contribution is 0.332. The molecule has 2 rings (SSSR count). The van der Waals surface area contributed by atoms with Crippen molar-refractivity contribution in [3.05, 3.63) is 23.8 Å². The Bertz CT molecular complexity index is 588. The summed E-state index contributed by atoms with van der Waals surface area (Å²) in [6, 6.07) is 1.45. The molecule has 1 saturated carbocycles. The molecule has 7 heteroatoms. The van der Waals surface area contributed by atoms with Crippen LogP contribution in [-0.4, -0.2) is 25.8 Å². The summed E-state index contributed by atoms with van der Waals surface area (Å²) in [6.07, 6.45) is 5.42. The fraction of sp³-hybridized carbons (Fsp3) is 0.571. The SMILES string of the molecule is CN(C1CCCCCC1)S(=O)(=O)c1c(F)cc(N)cc1F. The van der Waals surface area contributed by atoms with Crippen molar-refractivity contribution in [1.29, 1.82) is 0 Å². The molecule has 0 radical (unpaired) electrons. The Hall–Kier alpha value is -1.21. The zero-order valence-corrected chi connectivity index (χ0v) is 12.8. The van der Waals surface area contributed by atoms with Gasteiger partial charge in [-0.2, -0.15) is 4.31 Å². The van der Waals surface area contributed by atoms with Crippen LogP contribution in [0.1, 0.15) is 38.5 Å². The third-order valence-electron chi connectivity index (χ3n) is 4.00. The molecule has 0 bridgehead atoms. The molecule has 2 N–H and O–H groups in total. The third kappa shape index (κ3) is 3.35. The summed E-state index contributed by atoms with van der Waals surface area (Å²) >= 11 is 0. The van der Waals surface area contributed by atoms with Gasteiger partial charge in [-0.1, -0.05) is 25.7 Å². The van der Waals surface area contributed by atoms with Crippen LogP contribution in [0.2, 0.25) is 0 Å². The molecule has 21 heavy (non-hydrogen) atoms. The van der Waals surface area contributed by atoms with E-state index in [9.17, 15) is 17.2 Å². The van der Waals surface area contributed by atoms with Gasteiger partial charge in [-0.25, -0.2) is 17.2 Å². The second-order valence-electron chi connectivity index (χ2n) is 5.48. The number of anilines is 1. The van der Waals surface area contributed by atoms with Gasteiger partial charge in [-0.15, -0.1) is 0 Å². The Balaban J connectivity index is 2.37. The Kier molecular flexibility index (Phi) is 4.83. The van der Waals surface area contributed by atoms with Crippen molar-refractivity contribution < 1.29 is 17.2 Å². The second kappa shape index (κ2) is 6.27. The number of hydrogen-bond donors (Lipinski definition) is 1. The van der Waals surface area contributed by atoms with Crippen LogP contribution in [-0.2, 0) is 10.0 Å². The molecule has 1 aromatic carbocycles. The number of benzene rings is 1. The van der Waals surface area contributed by atoms with Crippen molar-refractivity contribution in [1.82, 2.24) is 4.31 Å². The molecule has 1 fully saturated rings. The van der Waals surface area contributed by atoms with E-state index in [1.165, 1.54) is 7.05 Å². The van der Waals surface area contributed by atoms with Crippen molar-refractivity contribution in [2.75, 3.05) is 12.8 Å². The summed E-state index contributed by atoms with van der Waals surface area (Å²) in [5.74, 6) is -2.29. The molecular weight excluding hydrogens is 298 g/mol. The van der Waals surface area contributed by atoms with Crippen molar-refractivity contribution in [2.45, 2.75) is 49.5 Å². The van der Waals surface area contributed by atoms with Crippen LogP contribution < -0.4 is 5.73 Å². The Morgan fingerprint density at radius 1 is 1.10 bits per heavy atom. The maximum Gasteiger partial charge on any atom is 0.248 e. The van der Waals surface area contributed by atoms with E-state index in [1.807, 2.05) is 0 Å². The summed E-state index contributed by atoms with van der Waals surface area (Å²) in [4.78, 5) is -0.913. The predicted octanol–water partition coefficient (Wildman–Crippen LogP) is 2.89. The van der Waals surface area contributed by atoms with Crippen molar-refractivity contribution in [3.8, 4) is 0 Å². The highest BCUT2D eigenvalue weighted by Crippen LogP contribution is 2.29. The van der Waals surface area contributed by atoms with Gasteiger partial charge in [-0.3, -0.25) is 0 Å². The molecule has 0 aromatic heterocycles. The quantitative estimate of drug-likeness (QED) is 0.688. The first-order valence-corrected chi connectivity index (χ1v) is 8.50. The number of halogens is 2. The van der Waals surface area contributed by atoms with Crippen LogP contribution in [0.15, 0.2) is 17.0 Å². The van der Waals surface area contributed by atoms with Crippen LogP contribution in [0.3, 0.4) is 0 Å². The molecule has 0 unspecified atom stereocenters. The average Bonchev–Trinajstić information content (AvgIpc) is 2.64. The minimum atomic E-state index is -4.21. The molecule has 0 atom stereocenters. The van der Waals surface area contributed by atoms with E-state index in [0.29, 0.717) is 12.8 Å². The minimum absolute atomic E-state index is 0.138. The highest BCUT2D eigenvalue weighted by Gasteiger charge is 2.33. The standard InChI is InChI=1S/C14H20F2N2O2S/c1-18(11-6-4-2-3-5-7-11)21(19,20)14-12(15)8-10(17)9-13(14)16/h8-9,11H,2-7,17H2,1H3. The largest absolute Gasteiger partial charge is 0.399 e. The van der Waals surface area contributed by atoms with Crippen LogP contribution in [0.5, 0.6) is 0 Å². The van der Waals surface area contributed by atoms with Crippen LogP contribution in [0.4, 0.5) is 14.5 Å². The molecule has 0 heterocycles. The lowest BCUT2D eigenvalue weighted by Crippen LogP contribution is -2.37. The van der Waals surface area contributed by atoms with Crippen LogP contribution in [0, 0.1) is 11.6 Å². The molecule has 118 valence electrons. The summed E-state index contributed by atoms with van der Waals surface area (Å²) in [6.45, 7) is 0.